The van der Waals surface area contributed by atoms with E-state index in [2.05, 4.69) is 10.6 Å². The maximum absolute atomic E-state index is 12.6. The van der Waals surface area contributed by atoms with Crippen LogP contribution in [0.5, 0.6) is 5.75 Å². The van der Waals surface area contributed by atoms with Gasteiger partial charge in [0.05, 0.1) is 30.0 Å². The molecule has 0 aromatic heterocycles. The third kappa shape index (κ3) is 5.09. The number of aliphatic carboxylic acids is 1. The molecular formula is C18H14ClN2O5-. The first-order valence-corrected chi connectivity index (χ1v) is 7.72. The van der Waals surface area contributed by atoms with Crippen molar-refractivity contribution in [3.63, 3.8) is 0 Å². The molecule has 0 aliphatic rings. The van der Waals surface area contributed by atoms with E-state index < -0.39 is 17.8 Å². The average molecular weight is 374 g/mol. The molecule has 0 aliphatic heterocycles. The van der Waals surface area contributed by atoms with Gasteiger partial charge in [-0.05, 0) is 36.4 Å². The van der Waals surface area contributed by atoms with Crippen LogP contribution in [0.3, 0.4) is 0 Å². The Labute approximate surface area is 154 Å². The quantitative estimate of drug-likeness (QED) is 0.751. The first-order chi connectivity index (χ1) is 12.4. The summed E-state index contributed by atoms with van der Waals surface area (Å²) in [6.07, 6.45) is 1.39. The Morgan fingerprint density at radius 3 is 2.46 bits per heavy atom. The molecule has 8 heteroatoms. The molecule has 0 heterocycles. The van der Waals surface area contributed by atoms with Crippen LogP contribution in [0.15, 0.2) is 54.6 Å². The van der Waals surface area contributed by atoms with Gasteiger partial charge in [0, 0.05) is 11.1 Å². The number of hydrogen-bond acceptors (Lipinski definition) is 5. The molecular weight excluding hydrogens is 360 g/mol. The second-order valence-electron chi connectivity index (χ2n) is 4.99. The summed E-state index contributed by atoms with van der Waals surface area (Å²) in [6.45, 7) is 0. The highest BCUT2D eigenvalue weighted by Crippen LogP contribution is 2.28. The van der Waals surface area contributed by atoms with Gasteiger partial charge in [-0.1, -0.05) is 23.7 Å². The molecule has 2 amide bonds. The van der Waals surface area contributed by atoms with Gasteiger partial charge in [-0.2, -0.15) is 0 Å². The summed E-state index contributed by atoms with van der Waals surface area (Å²) in [6, 6.07) is 11.0. The number of anilines is 2. The van der Waals surface area contributed by atoms with E-state index in [1.54, 1.807) is 24.3 Å². The van der Waals surface area contributed by atoms with Crippen LogP contribution in [0.25, 0.3) is 0 Å². The number of halogens is 1. The maximum atomic E-state index is 12.6. The van der Waals surface area contributed by atoms with Crippen molar-refractivity contribution in [1.82, 2.24) is 0 Å². The molecule has 0 saturated heterocycles. The van der Waals surface area contributed by atoms with Crippen molar-refractivity contribution in [1.29, 1.82) is 0 Å². The van der Waals surface area contributed by atoms with Crippen LogP contribution in [0.4, 0.5) is 11.4 Å². The predicted molar refractivity (Wildman–Crippen MR) is 95.2 cm³/mol. The van der Waals surface area contributed by atoms with Crippen molar-refractivity contribution in [3.8, 4) is 5.75 Å². The molecule has 7 nitrogen and oxygen atoms in total. The standard InChI is InChI=1S/C18H15ClN2O5/c1-26-15-7-6-11(19)10-14(15)21-18(25)12-4-2-3-5-13(12)20-16(22)8-9-17(23)24/h2-10H,1H3,(H,20,22)(H,21,25)(H,23,24)/p-1. The van der Waals surface area contributed by atoms with E-state index in [1.165, 1.54) is 25.3 Å². The van der Waals surface area contributed by atoms with Gasteiger partial charge in [0.15, 0.2) is 0 Å². The lowest BCUT2D eigenvalue weighted by Crippen LogP contribution is -2.20. The molecule has 0 radical (unpaired) electrons. The van der Waals surface area contributed by atoms with Gasteiger partial charge in [0.25, 0.3) is 5.91 Å². The summed E-state index contributed by atoms with van der Waals surface area (Å²) in [4.78, 5) is 34.7. The number of carboxylic acids is 1. The van der Waals surface area contributed by atoms with Gasteiger partial charge in [-0.25, -0.2) is 0 Å². The molecule has 0 spiro atoms. The minimum absolute atomic E-state index is 0.171. The number of nitrogens with one attached hydrogen (secondary N) is 2. The number of para-hydroxylation sites is 1. The lowest BCUT2D eigenvalue weighted by molar-refractivity contribution is -0.297. The van der Waals surface area contributed by atoms with Crippen LogP contribution in [-0.2, 0) is 9.59 Å². The zero-order valence-corrected chi connectivity index (χ0v) is 14.4. The molecule has 26 heavy (non-hydrogen) atoms. The van der Waals surface area contributed by atoms with E-state index in [1.807, 2.05) is 0 Å². The fourth-order valence-electron chi connectivity index (χ4n) is 2.08. The Balaban J connectivity index is 2.24. The number of benzene rings is 2. The third-order valence-electron chi connectivity index (χ3n) is 3.21. The molecule has 0 bridgehead atoms. The molecule has 0 aliphatic carbocycles. The zero-order chi connectivity index (χ0) is 19.1. The highest BCUT2D eigenvalue weighted by atomic mass is 35.5. The summed E-state index contributed by atoms with van der Waals surface area (Å²) >= 11 is 5.94. The van der Waals surface area contributed by atoms with E-state index in [-0.39, 0.29) is 11.3 Å². The number of amides is 2. The minimum Gasteiger partial charge on any atom is -0.545 e. The monoisotopic (exact) mass is 373 g/mol. The van der Waals surface area contributed by atoms with Crippen LogP contribution >= 0.6 is 11.6 Å². The summed E-state index contributed by atoms with van der Waals surface area (Å²) < 4.78 is 5.17. The van der Waals surface area contributed by atoms with Crippen molar-refractivity contribution in [2.24, 2.45) is 0 Å². The number of hydrogen-bond donors (Lipinski definition) is 2. The molecule has 0 fully saturated rings. The largest absolute Gasteiger partial charge is 0.545 e. The summed E-state index contributed by atoms with van der Waals surface area (Å²) in [5.74, 6) is -2.31. The zero-order valence-electron chi connectivity index (χ0n) is 13.6. The SMILES string of the molecule is COc1ccc(Cl)cc1NC(=O)c1ccccc1NC(=O)C=CC(=O)[O-]. The Kier molecular flexibility index (Phi) is 6.35. The smallest absolute Gasteiger partial charge is 0.257 e. The second-order valence-corrected chi connectivity index (χ2v) is 5.42. The maximum Gasteiger partial charge on any atom is 0.257 e. The van der Waals surface area contributed by atoms with Crippen molar-refractivity contribution < 1.29 is 24.2 Å². The Morgan fingerprint density at radius 2 is 1.77 bits per heavy atom. The first kappa shape index (κ1) is 19.0. The molecule has 134 valence electrons. The van der Waals surface area contributed by atoms with Gasteiger partial charge in [-0.15, -0.1) is 0 Å². The number of rotatable bonds is 6. The van der Waals surface area contributed by atoms with Crippen molar-refractivity contribution in [2.75, 3.05) is 17.7 Å². The van der Waals surface area contributed by atoms with Crippen molar-refractivity contribution in [3.05, 3.63) is 65.2 Å². The summed E-state index contributed by atoms with van der Waals surface area (Å²) in [5.41, 5.74) is 0.742. The minimum atomic E-state index is -1.50. The average Bonchev–Trinajstić information content (AvgIpc) is 2.60. The van der Waals surface area contributed by atoms with Crippen LogP contribution in [-0.4, -0.2) is 24.9 Å². The lowest BCUT2D eigenvalue weighted by Gasteiger charge is -2.13. The number of carbonyl (C=O) groups is 3. The number of carboxylic acid groups (broad SMARTS) is 1. The van der Waals surface area contributed by atoms with E-state index in [0.717, 1.165) is 6.08 Å². The van der Waals surface area contributed by atoms with E-state index in [0.29, 0.717) is 22.5 Å². The van der Waals surface area contributed by atoms with Gasteiger partial charge in [0.1, 0.15) is 5.75 Å². The van der Waals surface area contributed by atoms with Crippen LogP contribution < -0.4 is 20.5 Å². The van der Waals surface area contributed by atoms with Gasteiger partial charge in [-0.3, -0.25) is 9.59 Å². The molecule has 2 rings (SSSR count). The molecule has 0 unspecified atom stereocenters. The van der Waals surface area contributed by atoms with E-state index >= 15 is 0 Å². The Hall–Kier alpha value is -3.32. The van der Waals surface area contributed by atoms with E-state index in [9.17, 15) is 19.5 Å². The van der Waals surface area contributed by atoms with Gasteiger partial charge >= 0.3 is 0 Å². The van der Waals surface area contributed by atoms with Crippen molar-refractivity contribution in [2.45, 2.75) is 0 Å². The highest BCUT2D eigenvalue weighted by Gasteiger charge is 2.14. The van der Waals surface area contributed by atoms with Gasteiger partial charge < -0.3 is 25.3 Å². The lowest BCUT2D eigenvalue weighted by atomic mass is 10.1. The van der Waals surface area contributed by atoms with Crippen LogP contribution in [0.1, 0.15) is 10.4 Å². The van der Waals surface area contributed by atoms with Crippen molar-refractivity contribution >= 4 is 40.8 Å². The number of ether oxygens (including phenoxy) is 1. The normalized spacial score (nSPS) is 10.4. The second kappa shape index (κ2) is 8.68. The fourth-order valence-corrected chi connectivity index (χ4v) is 2.25. The first-order valence-electron chi connectivity index (χ1n) is 7.34. The predicted octanol–water partition coefficient (Wildman–Crippen LogP) is 1.85. The molecule has 2 aromatic rings. The summed E-state index contributed by atoms with van der Waals surface area (Å²) in [7, 11) is 1.46. The summed E-state index contributed by atoms with van der Waals surface area (Å²) in [5, 5.41) is 15.9. The van der Waals surface area contributed by atoms with E-state index in [4.69, 9.17) is 16.3 Å². The number of carbonyl (C=O) groups excluding carboxylic acids is 3. The van der Waals surface area contributed by atoms with Crippen LogP contribution in [0, 0.1) is 0 Å². The Bertz CT molecular complexity index is 880. The molecule has 2 N–H and O–H groups in total. The topological polar surface area (TPSA) is 108 Å². The third-order valence-corrected chi connectivity index (χ3v) is 3.45. The highest BCUT2D eigenvalue weighted by molar-refractivity contribution is 6.31. The van der Waals surface area contributed by atoms with Gasteiger partial charge in [0.2, 0.25) is 5.91 Å². The molecule has 2 aromatic carbocycles. The Morgan fingerprint density at radius 1 is 1.04 bits per heavy atom. The fraction of sp³-hybridized carbons (Fsp3) is 0.0556. The number of methoxy groups -OCH3 is 1. The molecule has 0 saturated carbocycles. The van der Waals surface area contributed by atoms with Crippen LogP contribution in [0.2, 0.25) is 5.02 Å². The molecule has 0 atom stereocenters.